The zero-order valence-corrected chi connectivity index (χ0v) is 24.1. The Bertz CT molecular complexity index is 967. The summed E-state index contributed by atoms with van der Waals surface area (Å²) in [5, 5.41) is 21.4. The summed E-state index contributed by atoms with van der Waals surface area (Å²) in [4.78, 5) is 0. The predicted octanol–water partition coefficient (Wildman–Crippen LogP) is 7.23. The first-order chi connectivity index (χ1) is 16.6. The van der Waals surface area contributed by atoms with Gasteiger partial charge in [-0.3, -0.25) is 0 Å². The van der Waals surface area contributed by atoms with Gasteiger partial charge in [-0.2, -0.15) is 0 Å². The van der Waals surface area contributed by atoms with Gasteiger partial charge >= 0.3 is 211 Å². The third kappa shape index (κ3) is 5.94. The van der Waals surface area contributed by atoms with Crippen molar-refractivity contribution < 1.29 is 0 Å². The van der Waals surface area contributed by atoms with Crippen LogP contribution >= 0.6 is 0 Å². The molecule has 1 N–H and O–H groups in total. The zero-order valence-electron chi connectivity index (χ0n) is 21.3. The van der Waals surface area contributed by atoms with Gasteiger partial charge in [0.25, 0.3) is 0 Å². The van der Waals surface area contributed by atoms with Crippen molar-refractivity contribution in [3.05, 3.63) is 66.3 Å². The predicted molar refractivity (Wildman–Crippen MR) is 144 cm³/mol. The van der Waals surface area contributed by atoms with Crippen molar-refractivity contribution in [3.63, 3.8) is 0 Å². The Labute approximate surface area is 210 Å². The minimum absolute atomic E-state index is 0.0613. The van der Waals surface area contributed by atoms with Crippen LogP contribution in [0.25, 0.3) is 0 Å². The molecule has 182 valence electrons. The van der Waals surface area contributed by atoms with E-state index in [4.69, 9.17) is 0 Å². The van der Waals surface area contributed by atoms with E-state index in [-0.39, 0.29) is 3.55 Å². The van der Waals surface area contributed by atoms with E-state index in [1.54, 1.807) is 0 Å². The van der Waals surface area contributed by atoms with E-state index in [0.29, 0.717) is 5.56 Å². The summed E-state index contributed by atoms with van der Waals surface area (Å²) in [6.07, 6.45) is 20.1. The summed E-state index contributed by atoms with van der Waals surface area (Å²) >= 11 is -2.75. The monoisotopic (exact) mass is 567 g/mol. The number of hydrogen-bond donors (Lipinski definition) is 1. The first-order valence-electron chi connectivity index (χ1n) is 13.1. The number of hydrogen-bond acceptors (Lipinski definition) is 4. The van der Waals surface area contributed by atoms with Crippen LogP contribution in [0.2, 0.25) is 13.3 Å². The van der Waals surface area contributed by atoms with Crippen LogP contribution in [0.4, 0.5) is 5.69 Å². The van der Waals surface area contributed by atoms with Gasteiger partial charge in [0.1, 0.15) is 0 Å². The molecule has 0 fully saturated rings. The van der Waals surface area contributed by atoms with Crippen LogP contribution in [0.15, 0.2) is 60.7 Å². The first-order valence-corrected chi connectivity index (χ1v) is 20.6. The molecule has 1 heterocycles. The molecule has 1 unspecified atom stereocenters. The molecule has 0 spiro atoms. The summed E-state index contributed by atoms with van der Waals surface area (Å²) < 4.78 is 6.75. The summed E-state index contributed by atoms with van der Waals surface area (Å²) in [5.74, 6) is 0. The van der Waals surface area contributed by atoms with Gasteiger partial charge in [0.05, 0.1) is 0 Å². The molecule has 0 amide bonds. The van der Waals surface area contributed by atoms with Crippen molar-refractivity contribution in [1.29, 1.82) is 5.26 Å². The standard InChI is InChI=1S/C16H14N5.3C4H9.Sn/c17-9-14-3-1-2-4-16(14)18-10-13-5-7-15(8-6-13)21-11-19-20-12-21;3*1-3-4-2;/h1-7,11-12,18H,8,10H2;3*1,3-4H2,2H3;. The average Bonchev–Trinajstić information content (AvgIpc) is 3.43. The molecule has 0 saturated carbocycles. The molecule has 0 bridgehead atoms. The Morgan fingerprint density at radius 1 is 1.00 bits per heavy atom. The fourth-order valence-electron chi connectivity index (χ4n) is 5.57. The number of anilines is 1. The van der Waals surface area contributed by atoms with Crippen molar-refractivity contribution in [1.82, 2.24) is 14.8 Å². The van der Waals surface area contributed by atoms with Crippen LogP contribution in [0.5, 0.6) is 0 Å². The number of unbranched alkanes of at least 4 members (excludes halogenated alkanes) is 3. The van der Waals surface area contributed by atoms with Crippen LogP contribution < -0.4 is 5.32 Å². The van der Waals surface area contributed by atoms with Gasteiger partial charge in [-0.05, 0) is 0 Å². The van der Waals surface area contributed by atoms with Gasteiger partial charge in [-0.15, -0.1) is 0 Å². The third-order valence-electron chi connectivity index (χ3n) is 7.60. The van der Waals surface area contributed by atoms with Crippen LogP contribution in [0.1, 0.15) is 71.3 Å². The van der Waals surface area contributed by atoms with E-state index < -0.39 is 18.4 Å². The molecule has 0 aliphatic heterocycles. The van der Waals surface area contributed by atoms with E-state index in [0.717, 1.165) is 18.7 Å². The second-order valence-electron chi connectivity index (χ2n) is 9.71. The molecule has 34 heavy (non-hydrogen) atoms. The van der Waals surface area contributed by atoms with Crippen LogP contribution in [-0.4, -0.2) is 39.7 Å². The maximum atomic E-state index is 9.41. The van der Waals surface area contributed by atoms with Crippen LogP contribution in [0.3, 0.4) is 0 Å². The Morgan fingerprint density at radius 3 is 2.15 bits per heavy atom. The number of rotatable bonds is 14. The number of nitrogens with one attached hydrogen (secondary N) is 1. The van der Waals surface area contributed by atoms with E-state index in [1.807, 2.05) is 36.9 Å². The maximum absolute atomic E-state index is 9.41. The molecule has 5 nitrogen and oxygen atoms in total. The topological polar surface area (TPSA) is 66.5 Å². The van der Waals surface area contributed by atoms with Gasteiger partial charge < -0.3 is 0 Å². The van der Waals surface area contributed by atoms with Crippen molar-refractivity contribution in [2.24, 2.45) is 0 Å². The van der Waals surface area contributed by atoms with Crippen molar-refractivity contribution in [3.8, 4) is 6.07 Å². The Hall–Kier alpha value is -2.07. The van der Waals surface area contributed by atoms with Crippen LogP contribution in [-0.2, 0) is 3.55 Å². The number of nitriles is 1. The molecule has 0 radical (unpaired) electrons. The Morgan fingerprint density at radius 2 is 1.62 bits per heavy atom. The first kappa shape index (κ1) is 26.5. The molecule has 3 rings (SSSR count). The molecule has 1 atom stereocenters. The molecule has 2 aromatic rings. The SMILES string of the molecule is CCC[CH2][Sn]([CH2]CCC)([CH2]CCC)[C]1(n2cnnc2)C=CC(CNc2ccccc2C#N)=CC1. The van der Waals surface area contributed by atoms with Gasteiger partial charge in [-0.1, -0.05) is 0 Å². The second-order valence-corrected chi connectivity index (χ2v) is 23.8. The number of benzene rings is 1. The summed E-state index contributed by atoms with van der Waals surface area (Å²) in [6, 6.07) is 10.0. The Kier molecular flexibility index (Phi) is 10.2. The number of para-hydroxylation sites is 1. The fourth-order valence-corrected chi connectivity index (χ4v) is 24.9. The molecule has 1 aromatic carbocycles. The summed E-state index contributed by atoms with van der Waals surface area (Å²) in [5.41, 5.74) is 2.88. The summed E-state index contributed by atoms with van der Waals surface area (Å²) in [6.45, 7) is 7.73. The van der Waals surface area contributed by atoms with E-state index >= 15 is 0 Å². The average molecular weight is 566 g/mol. The molecule has 0 saturated heterocycles. The van der Waals surface area contributed by atoms with Crippen molar-refractivity contribution in [2.75, 3.05) is 11.9 Å². The van der Waals surface area contributed by atoms with Crippen molar-refractivity contribution >= 4 is 24.1 Å². The van der Waals surface area contributed by atoms with Gasteiger partial charge in [0, 0.05) is 0 Å². The van der Waals surface area contributed by atoms with Gasteiger partial charge in [0.2, 0.25) is 0 Å². The second kappa shape index (κ2) is 13.1. The quantitative estimate of drug-likeness (QED) is 0.245. The number of nitrogens with zero attached hydrogens (tertiary/aromatic N) is 4. The number of aromatic nitrogens is 3. The minimum atomic E-state index is -2.75. The van der Waals surface area contributed by atoms with Crippen LogP contribution in [0, 0.1) is 11.3 Å². The normalized spacial score (nSPS) is 17.9. The molecular formula is C28H41N5Sn. The molecular weight excluding hydrogens is 525 g/mol. The molecule has 1 aliphatic carbocycles. The number of allylic oxidation sites excluding steroid dienone is 2. The molecule has 6 heteroatoms. The Balaban J connectivity index is 1.92. The van der Waals surface area contributed by atoms with E-state index in [1.165, 1.54) is 57.4 Å². The zero-order chi connectivity index (χ0) is 24.3. The van der Waals surface area contributed by atoms with Gasteiger partial charge in [-0.25, -0.2) is 0 Å². The third-order valence-corrected chi connectivity index (χ3v) is 25.9. The summed E-state index contributed by atoms with van der Waals surface area (Å²) in [7, 11) is 0. The molecule has 1 aromatic heterocycles. The van der Waals surface area contributed by atoms with E-state index in [2.05, 4.69) is 65.1 Å². The molecule has 1 aliphatic rings. The van der Waals surface area contributed by atoms with Crippen molar-refractivity contribution in [2.45, 2.75) is 82.6 Å². The van der Waals surface area contributed by atoms with E-state index in [9.17, 15) is 5.26 Å². The van der Waals surface area contributed by atoms with Gasteiger partial charge in [0.15, 0.2) is 0 Å². The fraction of sp³-hybridized carbons (Fsp3) is 0.536.